The summed E-state index contributed by atoms with van der Waals surface area (Å²) in [5.41, 5.74) is 0.373. The highest BCUT2D eigenvalue weighted by Crippen LogP contribution is 2.43. The Morgan fingerprint density at radius 1 is 1.18 bits per heavy atom. The molecule has 1 heterocycles. The number of alkyl halides is 3. The maximum Gasteiger partial charge on any atom is 0.416 e. The monoisotopic (exact) mass is 480 g/mol. The topological polar surface area (TPSA) is 108 Å². The number of anilines is 1. The van der Waals surface area contributed by atoms with E-state index in [1.807, 2.05) is 0 Å². The van der Waals surface area contributed by atoms with Crippen molar-refractivity contribution in [2.45, 2.75) is 58.4 Å². The van der Waals surface area contributed by atoms with Gasteiger partial charge in [-0.3, -0.25) is 9.59 Å². The van der Waals surface area contributed by atoms with Gasteiger partial charge in [0.15, 0.2) is 5.60 Å². The number of phenolic OH excluding ortho intramolecular Hbond substituents is 1. The first-order valence-corrected chi connectivity index (χ1v) is 10.7. The fraction of sp³-hybridized carbons (Fsp3) is 0.417. The lowest BCUT2D eigenvalue weighted by molar-refractivity contribution is -0.140. The van der Waals surface area contributed by atoms with Gasteiger partial charge in [0.2, 0.25) is 5.91 Å². The van der Waals surface area contributed by atoms with Crippen molar-refractivity contribution < 1.29 is 37.7 Å². The lowest BCUT2D eigenvalue weighted by Crippen LogP contribution is -2.56. The van der Waals surface area contributed by atoms with Crippen LogP contribution >= 0.6 is 0 Å². The molecule has 34 heavy (non-hydrogen) atoms. The number of aliphatic hydroxyl groups excluding tert-OH is 1. The molecular weight excluding hydrogens is 453 g/mol. The number of hydrogen-bond acceptors (Lipinski definition) is 5. The first-order chi connectivity index (χ1) is 15.8. The van der Waals surface area contributed by atoms with Gasteiger partial charge in [0.25, 0.3) is 5.91 Å². The number of carbonyl (C=O) groups is 2. The summed E-state index contributed by atoms with van der Waals surface area (Å²) in [4.78, 5) is 25.6. The number of rotatable bonds is 5. The van der Waals surface area contributed by atoms with Crippen molar-refractivity contribution in [3.63, 3.8) is 0 Å². The molecular formula is C24H27F3N2O5. The number of carbonyl (C=O) groups excluding carboxylic acids is 2. The molecule has 0 aliphatic carbocycles. The van der Waals surface area contributed by atoms with Crippen LogP contribution in [0.4, 0.5) is 18.9 Å². The van der Waals surface area contributed by atoms with Crippen molar-refractivity contribution in [1.29, 1.82) is 0 Å². The Balaban J connectivity index is 1.76. The third kappa shape index (κ3) is 4.82. The van der Waals surface area contributed by atoms with Gasteiger partial charge in [0, 0.05) is 17.7 Å². The van der Waals surface area contributed by atoms with E-state index >= 15 is 0 Å². The van der Waals surface area contributed by atoms with Gasteiger partial charge in [-0.05, 0) is 69.0 Å². The molecule has 0 aromatic heterocycles. The minimum Gasteiger partial charge on any atom is -0.507 e. The number of ether oxygens (including phenoxy) is 1. The van der Waals surface area contributed by atoms with Crippen molar-refractivity contribution in [3.05, 3.63) is 52.1 Å². The molecule has 10 heteroatoms. The zero-order valence-electron chi connectivity index (χ0n) is 19.3. The van der Waals surface area contributed by atoms with Crippen LogP contribution in [0.2, 0.25) is 0 Å². The van der Waals surface area contributed by atoms with Crippen LogP contribution in [0.15, 0.2) is 24.3 Å². The van der Waals surface area contributed by atoms with Crippen molar-refractivity contribution in [2.24, 2.45) is 0 Å². The van der Waals surface area contributed by atoms with Crippen molar-refractivity contribution in [1.82, 2.24) is 5.32 Å². The van der Waals surface area contributed by atoms with E-state index in [1.54, 1.807) is 27.7 Å². The lowest BCUT2D eigenvalue weighted by atomic mass is 9.86. The van der Waals surface area contributed by atoms with E-state index in [0.717, 1.165) is 23.8 Å². The molecule has 0 saturated carbocycles. The summed E-state index contributed by atoms with van der Waals surface area (Å²) in [6.07, 6.45) is -3.89. The largest absolute Gasteiger partial charge is 0.507 e. The molecule has 1 aliphatic rings. The van der Waals surface area contributed by atoms with E-state index in [-0.39, 0.29) is 17.9 Å². The highest BCUT2D eigenvalue weighted by Gasteiger charge is 2.42. The maximum atomic E-state index is 13.1. The van der Waals surface area contributed by atoms with Crippen LogP contribution in [0.1, 0.15) is 41.2 Å². The quantitative estimate of drug-likeness (QED) is 0.524. The maximum absolute atomic E-state index is 13.1. The van der Waals surface area contributed by atoms with Gasteiger partial charge >= 0.3 is 6.18 Å². The number of nitrogens with one attached hydrogen (secondary N) is 2. The Bertz CT molecular complexity index is 1130. The van der Waals surface area contributed by atoms with Gasteiger partial charge in [-0.25, -0.2) is 0 Å². The minimum atomic E-state index is -4.58. The third-order valence-electron chi connectivity index (χ3n) is 6.26. The highest BCUT2D eigenvalue weighted by atomic mass is 19.4. The smallest absolute Gasteiger partial charge is 0.416 e. The normalized spacial score (nSPS) is 18.5. The summed E-state index contributed by atoms with van der Waals surface area (Å²) in [5, 5.41) is 24.7. The molecule has 0 bridgehead atoms. The third-order valence-corrected chi connectivity index (χ3v) is 6.26. The number of fused-ring (bicyclic) bond motifs is 1. The van der Waals surface area contributed by atoms with E-state index in [2.05, 4.69) is 10.6 Å². The average molecular weight is 480 g/mol. The molecule has 2 atom stereocenters. The molecule has 2 amide bonds. The van der Waals surface area contributed by atoms with Crippen molar-refractivity contribution in [3.8, 4) is 11.5 Å². The minimum absolute atomic E-state index is 0.122. The number of aliphatic hydroxyl groups is 1. The summed E-state index contributed by atoms with van der Waals surface area (Å²) in [7, 11) is 0. The molecule has 2 aromatic rings. The van der Waals surface area contributed by atoms with Crippen molar-refractivity contribution >= 4 is 17.5 Å². The molecule has 2 unspecified atom stereocenters. The summed E-state index contributed by atoms with van der Waals surface area (Å²) in [6, 6.07) is 2.64. The van der Waals surface area contributed by atoms with E-state index < -0.39 is 41.8 Å². The summed E-state index contributed by atoms with van der Waals surface area (Å²) >= 11 is 0. The Kier molecular flexibility index (Phi) is 6.84. The van der Waals surface area contributed by atoms with Gasteiger partial charge in [0.1, 0.15) is 17.5 Å². The van der Waals surface area contributed by atoms with Gasteiger partial charge in [-0.1, -0.05) is 6.07 Å². The Morgan fingerprint density at radius 3 is 2.47 bits per heavy atom. The molecule has 0 spiro atoms. The molecule has 2 aromatic carbocycles. The first kappa shape index (κ1) is 25.4. The lowest BCUT2D eigenvalue weighted by Gasteiger charge is -2.37. The fourth-order valence-electron chi connectivity index (χ4n) is 3.92. The molecule has 0 fully saturated rings. The van der Waals surface area contributed by atoms with Gasteiger partial charge in [-0.2, -0.15) is 13.2 Å². The van der Waals surface area contributed by atoms with E-state index in [0.29, 0.717) is 28.9 Å². The van der Waals surface area contributed by atoms with Crippen LogP contribution < -0.4 is 15.4 Å². The molecule has 3 rings (SSSR count). The summed E-state index contributed by atoms with van der Waals surface area (Å²) < 4.78 is 44.8. The van der Waals surface area contributed by atoms with E-state index in [4.69, 9.17) is 4.74 Å². The summed E-state index contributed by atoms with van der Waals surface area (Å²) in [5.74, 6) is -0.855. The van der Waals surface area contributed by atoms with Crippen molar-refractivity contribution in [2.75, 3.05) is 11.9 Å². The molecule has 0 saturated heterocycles. The number of hydrogen-bond donors (Lipinski definition) is 4. The second kappa shape index (κ2) is 9.17. The molecule has 1 aliphatic heterocycles. The predicted molar refractivity (Wildman–Crippen MR) is 119 cm³/mol. The first-order valence-electron chi connectivity index (χ1n) is 10.7. The highest BCUT2D eigenvalue weighted by molar-refractivity contribution is 5.98. The Labute approximate surface area is 194 Å². The van der Waals surface area contributed by atoms with Crippen LogP contribution in [0.25, 0.3) is 0 Å². The standard InChI is InChI=1S/C24H27F3N2O5/c1-12-13(2)20-17(14(3)19(12)31)8-9-23(4,34-20)22(33)29-18(11-30)21(32)28-16-7-5-6-15(10-16)24(25,26)27/h5-7,10,18,30-31H,8-9,11H2,1-4H3,(H,28,32)(H,29,33). The van der Waals surface area contributed by atoms with Gasteiger partial charge < -0.3 is 25.6 Å². The van der Waals surface area contributed by atoms with Crippen LogP contribution in [-0.4, -0.2) is 40.3 Å². The van der Waals surface area contributed by atoms with E-state index in [1.165, 1.54) is 6.07 Å². The SMILES string of the molecule is Cc1c(C)c2c(c(C)c1O)CCC(C)(C(=O)NC(CO)C(=O)Nc1cccc(C(F)(F)F)c1)O2. The fourth-order valence-corrected chi connectivity index (χ4v) is 3.92. The predicted octanol–water partition coefficient (Wildman–Crippen LogP) is 3.54. The van der Waals surface area contributed by atoms with Crippen LogP contribution in [0.3, 0.4) is 0 Å². The Hall–Kier alpha value is -3.27. The van der Waals surface area contributed by atoms with Crippen LogP contribution in [0.5, 0.6) is 11.5 Å². The number of phenols is 1. The molecule has 184 valence electrons. The zero-order chi connectivity index (χ0) is 25.4. The van der Waals surface area contributed by atoms with Crippen LogP contribution in [-0.2, 0) is 22.2 Å². The number of halogens is 3. The second-order valence-electron chi connectivity index (χ2n) is 8.64. The second-order valence-corrected chi connectivity index (χ2v) is 8.64. The zero-order valence-corrected chi connectivity index (χ0v) is 19.3. The number of amides is 2. The summed E-state index contributed by atoms with van der Waals surface area (Å²) in [6.45, 7) is 6.07. The van der Waals surface area contributed by atoms with Gasteiger partial charge in [0.05, 0.1) is 12.2 Å². The molecule has 4 N–H and O–H groups in total. The van der Waals surface area contributed by atoms with Crippen LogP contribution in [0, 0.1) is 20.8 Å². The van der Waals surface area contributed by atoms with E-state index in [9.17, 15) is 33.0 Å². The van der Waals surface area contributed by atoms with Gasteiger partial charge in [-0.15, -0.1) is 0 Å². The Morgan fingerprint density at radius 2 is 1.85 bits per heavy atom. The number of benzene rings is 2. The molecule has 7 nitrogen and oxygen atoms in total. The average Bonchev–Trinajstić information content (AvgIpc) is 2.79. The number of aromatic hydroxyl groups is 1. The molecule has 0 radical (unpaired) electrons.